The summed E-state index contributed by atoms with van der Waals surface area (Å²) >= 11 is 8.43. The highest BCUT2D eigenvalue weighted by Gasteiger charge is 2.07. The number of nitrogens with two attached hydrogens (primary N) is 1. The van der Waals surface area contributed by atoms with Crippen LogP contribution in [0.5, 0.6) is 11.5 Å². The zero-order chi connectivity index (χ0) is 16.1. The summed E-state index contributed by atoms with van der Waals surface area (Å²) < 4.78 is 12.3. The zero-order valence-electron chi connectivity index (χ0n) is 12.6. The summed E-state index contributed by atoms with van der Waals surface area (Å²) in [5, 5.41) is 0. The van der Waals surface area contributed by atoms with Crippen molar-refractivity contribution in [2.75, 3.05) is 13.2 Å². The third kappa shape index (κ3) is 4.71. The average molecular weight is 380 g/mol. The van der Waals surface area contributed by atoms with Crippen molar-refractivity contribution in [2.45, 2.75) is 13.8 Å². The number of rotatable bonds is 6. The summed E-state index contributed by atoms with van der Waals surface area (Å²) in [6.07, 6.45) is 0. The van der Waals surface area contributed by atoms with Gasteiger partial charge in [-0.1, -0.05) is 34.2 Å². The van der Waals surface area contributed by atoms with E-state index in [0.717, 1.165) is 15.8 Å². The van der Waals surface area contributed by atoms with E-state index in [4.69, 9.17) is 27.4 Å². The van der Waals surface area contributed by atoms with Gasteiger partial charge >= 0.3 is 0 Å². The smallest absolute Gasteiger partial charge is 0.129 e. The molecule has 0 aliphatic carbocycles. The minimum absolute atomic E-state index is 0.312. The van der Waals surface area contributed by atoms with Gasteiger partial charge in [0.1, 0.15) is 29.7 Å². The molecular formula is C17H18BrNO2S. The Hall–Kier alpha value is -1.59. The fraction of sp³-hybridized carbons (Fsp3) is 0.235. The highest BCUT2D eigenvalue weighted by Crippen LogP contribution is 2.23. The molecule has 2 rings (SSSR count). The van der Waals surface area contributed by atoms with Crippen LogP contribution in [0.3, 0.4) is 0 Å². The molecule has 0 spiro atoms. The van der Waals surface area contributed by atoms with Gasteiger partial charge in [0.15, 0.2) is 0 Å². The Morgan fingerprint density at radius 1 is 1.05 bits per heavy atom. The molecule has 0 saturated heterocycles. The molecule has 0 atom stereocenters. The lowest BCUT2D eigenvalue weighted by Crippen LogP contribution is -2.14. The van der Waals surface area contributed by atoms with Gasteiger partial charge in [-0.2, -0.15) is 0 Å². The van der Waals surface area contributed by atoms with Crippen molar-refractivity contribution in [2.24, 2.45) is 5.73 Å². The van der Waals surface area contributed by atoms with Gasteiger partial charge in [0, 0.05) is 4.47 Å². The lowest BCUT2D eigenvalue weighted by molar-refractivity contribution is 0.217. The fourth-order valence-corrected chi connectivity index (χ4v) is 2.67. The Labute approximate surface area is 144 Å². The second-order valence-corrected chi connectivity index (χ2v) is 6.38. The number of thiocarbonyl (C=S) groups is 1. The topological polar surface area (TPSA) is 44.5 Å². The van der Waals surface area contributed by atoms with Crippen LogP contribution in [0.2, 0.25) is 0 Å². The van der Waals surface area contributed by atoms with E-state index in [1.54, 1.807) is 0 Å². The van der Waals surface area contributed by atoms with Crippen LogP contribution in [0, 0.1) is 13.8 Å². The highest BCUT2D eigenvalue weighted by molar-refractivity contribution is 9.10. The molecule has 0 saturated carbocycles. The maximum Gasteiger partial charge on any atom is 0.129 e. The monoisotopic (exact) mass is 379 g/mol. The Balaban J connectivity index is 1.93. The van der Waals surface area contributed by atoms with Crippen molar-refractivity contribution in [1.82, 2.24) is 0 Å². The molecule has 0 bridgehead atoms. The Kier molecular flexibility index (Phi) is 5.80. The molecule has 2 N–H and O–H groups in total. The van der Waals surface area contributed by atoms with Crippen LogP contribution >= 0.6 is 28.1 Å². The minimum atomic E-state index is 0.312. The summed E-state index contributed by atoms with van der Waals surface area (Å²) in [6, 6.07) is 11.7. The Morgan fingerprint density at radius 3 is 2.32 bits per heavy atom. The first-order chi connectivity index (χ1) is 10.5. The predicted octanol–water partition coefficient (Wildman–Crippen LogP) is 4.16. The number of hydrogen-bond acceptors (Lipinski definition) is 3. The molecule has 5 heteroatoms. The van der Waals surface area contributed by atoms with Crippen molar-refractivity contribution < 1.29 is 9.47 Å². The SMILES string of the molecule is Cc1cc(C)cc(OCCOc2ccc(Br)cc2C(N)=S)c1. The van der Waals surface area contributed by atoms with Crippen LogP contribution in [0.15, 0.2) is 40.9 Å². The molecule has 2 aromatic rings. The summed E-state index contributed by atoms with van der Waals surface area (Å²) in [7, 11) is 0. The van der Waals surface area contributed by atoms with E-state index >= 15 is 0 Å². The molecule has 0 aliphatic rings. The number of benzene rings is 2. The van der Waals surface area contributed by atoms with Crippen LogP contribution in [-0.2, 0) is 0 Å². The molecule has 2 aromatic carbocycles. The van der Waals surface area contributed by atoms with Gasteiger partial charge in [-0.25, -0.2) is 0 Å². The molecule has 0 heterocycles. The third-order valence-corrected chi connectivity index (χ3v) is 3.73. The van der Waals surface area contributed by atoms with Crippen molar-refractivity contribution in [3.63, 3.8) is 0 Å². The molecule has 0 fully saturated rings. The van der Waals surface area contributed by atoms with E-state index in [0.29, 0.717) is 24.0 Å². The molecule has 0 unspecified atom stereocenters. The maximum atomic E-state index is 5.72. The van der Waals surface area contributed by atoms with Gasteiger partial charge in [0.05, 0.1) is 5.56 Å². The van der Waals surface area contributed by atoms with E-state index in [1.807, 2.05) is 44.2 Å². The quantitative estimate of drug-likeness (QED) is 0.604. The lowest BCUT2D eigenvalue weighted by atomic mass is 10.1. The minimum Gasteiger partial charge on any atom is -0.490 e. The second kappa shape index (κ2) is 7.61. The molecule has 116 valence electrons. The van der Waals surface area contributed by atoms with Crippen LogP contribution < -0.4 is 15.2 Å². The van der Waals surface area contributed by atoms with Crippen molar-refractivity contribution in [3.05, 3.63) is 57.6 Å². The third-order valence-electron chi connectivity index (χ3n) is 3.01. The second-order valence-electron chi connectivity index (χ2n) is 5.03. The summed E-state index contributed by atoms with van der Waals surface area (Å²) in [4.78, 5) is 0.312. The summed E-state index contributed by atoms with van der Waals surface area (Å²) in [6.45, 7) is 4.97. The maximum absolute atomic E-state index is 5.72. The van der Waals surface area contributed by atoms with Gasteiger partial charge in [-0.3, -0.25) is 0 Å². The van der Waals surface area contributed by atoms with Gasteiger partial charge in [0.25, 0.3) is 0 Å². The first-order valence-corrected chi connectivity index (χ1v) is 8.09. The van der Waals surface area contributed by atoms with Crippen LogP contribution in [0.4, 0.5) is 0 Å². The van der Waals surface area contributed by atoms with E-state index in [-0.39, 0.29) is 0 Å². The van der Waals surface area contributed by atoms with E-state index in [2.05, 4.69) is 22.0 Å². The first kappa shape index (κ1) is 16.8. The fourth-order valence-electron chi connectivity index (χ4n) is 2.15. The lowest BCUT2D eigenvalue weighted by Gasteiger charge is -2.12. The van der Waals surface area contributed by atoms with E-state index in [1.165, 1.54) is 11.1 Å². The molecule has 0 aliphatic heterocycles. The van der Waals surface area contributed by atoms with Gasteiger partial charge in [-0.05, 0) is 55.3 Å². The normalized spacial score (nSPS) is 10.3. The number of aryl methyl sites for hydroxylation is 2. The molecule has 0 aromatic heterocycles. The number of halogens is 1. The van der Waals surface area contributed by atoms with Crippen LogP contribution in [0.25, 0.3) is 0 Å². The van der Waals surface area contributed by atoms with Crippen LogP contribution in [0.1, 0.15) is 16.7 Å². The first-order valence-electron chi connectivity index (χ1n) is 6.89. The van der Waals surface area contributed by atoms with Crippen LogP contribution in [-0.4, -0.2) is 18.2 Å². The van der Waals surface area contributed by atoms with Gasteiger partial charge in [-0.15, -0.1) is 0 Å². The standard InChI is InChI=1S/C17H18BrNO2S/c1-11-7-12(2)9-14(8-11)20-5-6-21-16-4-3-13(18)10-15(16)17(19)22/h3-4,7-10H,5-6H2,1-2H3,(H2,19,22). The molecule has 22 heavy (non-hydrogen) atoms. The molecule has 3 nitrogen and oxygen atoms in total. The van der Waals surface area contributed by atoms with Gasteiger partial charge < -0.3 is 15.2 Å². The summed E-state index contributed by atoms with van der Waals surface area (Å²) in [5.74, 6) is 1.52. The zero-order valence-corrected chi connectivity index (χ0v) is 15.0. The van der Waals surface area contributed by atoms with Crippen molar-refractivity contribution in [1.29, 1.82) is 0 Å². The highest BCUT2D eigenvalue weighted by atomic mass is 79.9. The Bertz CT molecular complexity index is 668. The van der Waals surface area contributed by atoms with E-state index < -0.39 is 0 Å². The average Bonchev–Trinajstić information content (AvgIpc) is 2.43. The predicted molar refractivity (Wildman–Crippen MR) is 96.9 cm³/mol. The Morgan fingerprint density at radius 2 is 1.68 bits per heavy atom. The molecular weight excluding hydrogens is 362 g/mol. The van der Waals surface area contributed by atoms with Crippen molar-refractivity contribution in [3.8, 4) is 11.5 Å². The van der Waals surface area contributed by atoms with Crippen molar-refractivity contribution >= 4 is 33.1 Å². The van der Waals surface area contributed by atoms with Gasteiger partial charge in [0.2, 0.25) is 0 Å². The van der Waals surface area contributed by atoms with E-state index in [9.17, 15) is 0 Å². The number of ether oxygens (including phenoxy) is 2. The largest absolute Gasteiger partial charge is 0.490 e. The number of hydrogen-bond donors (Lipinski definition) is 1. The molecule has 0 radical (unpaired) electrons. The molecule has 0 amide bonds. The summed E-state index contributed by atoms with van der Waals surface area (Å²) in [5.41, 5.74) is 8.79.